The molecule has 0 aromatic carbocycles. The van der Waals surface area contributed by atoms with E-state index in [2.05, 4.69) is 25.2 Å². The molecule has 0 aliphatic carbocycles. The molecule has 0 spiro atoms. The molecule has 0 saturated carbocycles. The third-order valence-electron chi connectivity index (χ3n) is 4.17. The Hall–Kier alpha value is -2.26. The second-order valence-corrected chi connectivity index (χ2v) is 6.12. The first kappa shape index (κ1) is 18.5. The van der Waals surface area contributed by atoms with Gasteiger partial charge in [-0.1, -0.05) is 0 Å². The number of hydrogen-bond acceptors (Lipinski definition) is 6. The molecule has 140 valence electrons. The molecular formula is C17H20F3N5O. The topological polar surface area (TPSA) is 63.2 Å². The van der Waals surface area contributed by atoms with E-state index in [1.54, 1.807) is 25.4 Å². The predicted molar refractivity (Wildman–Crippen MR) is 90.6 cm³/mol. The van der Waals surface area contributed by atoms with Crippen LogP contribution in [0.4, 0.5) is 19.0 Å². The van der Waals surface area contributed by atoms with Crippen molar-refractivity contribution in [1.29, 1.82) is 0 Å². The second kappa shape index (κ2) is 7.96. The molecular weight excluding hydrogens is 347 g/mol. The maximum Gasteiger partial charge on any atom is 0.433 e. The van der Waals surface area contributed by atoms with Crippen LogP contribution in [0.3, 0.4) is 0 Å². The van der Waals surface area contributed by atoms with Crippen molar-refractivity contribution in [3.8, 4) is 11.4 Å². The number of aromatic nitrogens is 3. The molecule has 6 nitrogen and oxygen atoms in total. The summed E-state index contributed by atoms with van der Waals surface area (Å²) in [5.41, 5.74) is -0.530. The molecule has 1 aliphatic heterocycles. The third kappa shape index (κ3) is 4.67. The van der Waals surface area contributed by atoms with Gasteiger partial charge >= 0.3 is 6.18 Å². The molecule has 1 saturated heterocycles. The number of rotatable bonds is 6. The van der Waals surface area contributed by atoms with Crippen molar-refractivity contribution in [2.24, 2.45) is 0 Å². The summed E-state index contributed by atoms with van der Waals surface area (Å²) in [7, 11) is 1.64. The number of hydrogen-bond donors (Lipinski definition) is 1. The van der Waals surface area contributed by atoms with E-state index < -0.39 is 11.9 Å². The van der Waals surface area contributed by atoms with E-state index in [0.29, 0.717) is 12.2 Å². The van der Waals surface area contributed by atoms with E-state index in [4.69, 9.17) is 4.74 Å². The molecule has 0 bridgehead atoms. The number of ether oxygens (including phenoxy) is 1. The van der Waals surface area contributed by atoms with Crippen molar-refractivity contribution in [2.75, 3.05) is 38.7 Å². The van der Waals surface area contributed by atoms with Crippen molar-refractivity contribution < 1.29 is 17.9 Å². The lowest BCUT2D eigenvalue weighted by Crippen LogP contribution is -2.29. The fourth-order valence-electron chi connectivity index (χ4n) is 2.87. The third-order valence-corrected chi connectivity index (χ3v) is 4.17. The van der Waals surface area contributed by atoms with Gasteiger partial charge in [-0.2, -0.15) is 13.2 Å². The van der Waals surface area contributed by atoms with Gasteiger partial charge in [0.1, 0.15) is 5.82 Å². The summed E-state index contributed by atoms with van der Waals surface area (Å²) in [6.07, 6.45) is -0.724. The Bertz CT molecular complexity index is 726. The zero-order chi connectivity index (χ0) is 18.6. The SMILES string of the molecule is COCCN1CC[C@H](Nc2cc(C(F)(F)F)nc(-c3cccnc3)n2)C1. The van der Waals surface area contributed by atoms with Gasteiger partial charge in [-0.25, -0.2) is 9.97 Å². The summed E-state index contributed by atoms with van der Waals surface area (Å²) < 4.78 is 44.7. The lowest BCUT2D eigenvalue weighted by atomic mass is 10.2. The van der Waals surface area contributed by atoms with Gasteiger partial charge in [-0.05, 0) is 18.6 Å². The van der Waals surface area contributed by atoms with Crippen LogP contribution >= 0.6 is 0 Å². The number of alkyl halides is 3. The van der Waals surface area contributed by atoms with Gasteiger partial charge in [0.25, 0.3) is 0 Å². The van der Waals surface area contributed by atoms with Gasteiger partial charge < -0.3 is 10.1 Å². The molecule has 1 atom stereocenters. The van der Waals surface area contributed by atoms with Crippen LogP contribution < -0.4 is 5.32 Å². The van der Waals surface area contributed by atoms with E-state index >= 15 is 0 Å². The Morgan fingerprint density at radius 3 is 2.88 bits per heavy atom. The van der Waals surface area contributed by atoms with Gasteiger partial charge in [0.2, 0.25) is 0 Å². The van der Waals surface area contributed by atoms with Gasteiger partial charge in [0.15, 0.2) is 11.5 Å². The highest BCUT2D eigenvalue weighted by Gasteiger charge is 2.34. The number of pyridine rings is 1. The van der Waals surface area contributed by atoms with Crippen LogP contribution in [0.1, 0.15) is 12.1 Å². The van der Waals surface area contributed by atoms with Crippen molar-refractivity contribution in [3.63, 3.8) is 0 Å². The quantitative estimate of drug-likeness (QED) is 0.847. The molecule has 0 radical (unpaired) electrons. The zero-order valence-electron chi connectivity index (χ0n) is 14.3. The van der Waals surface area contributed by atoms with E-state index in [9.17, 15) is 13.2 Å². The molecule has 1 N–H and O–H groups in total. The van der Waals surface area contributed by atoms with E-state index in [1.807, 2.05) is 0 Å². The largest absolute Gasteiger partial charge is 0.433 e. The number of methoxy groups -OCH3 is 1. The molecule has 1 fully saturated rings. The van der Waals surface area contributed by atoms with Gasteiger partial charge in [-0.15, -0.1) is 0 Å². The lowest BCUT2D eigenvalue weighted by Gasteiger charge is -2.17. The molecule has 2 aromatic rings. The zero-order valence-corrected chi connectivity index (χ0v) is 14.3. The average Bonchev–Trinajstić information content (AvgIpc) is 3.07. The highest BCUT2D eigenvalue weighted by Crippen LogP contribution is 2.31. The summed E-state index contributed by atoms with van der Waals surface area (Å²) in [5.74, 6) is 0.175. The van der Waals surface area contributed by atoms with Crippen molar-refractivity contribution in [2.45, 2.75) is 18.6 Å². The highest BCUT2D eigenvalue weighted by molar-refractivity contribution is 5.56. The fraction of sp³-hybridized carbons (Fsp3) is 0.471. The Morgan fingerprint density at radius 1 is 1.35 bits per heavy atom. The standard InChI is InChI=1S/C17H20F3N5O/c1-26-8-7-25-6-4-13(11-25)22-15-9-14(17(18,19)20)23-16(24-15)12-3-2-5-21-10-12/h2-3,5,9-10,13H,4,6-8,11H2,1H3,(H,22,23,24)/t13-/m0/s1. The Balaban J connectivity index is 1.80. The van der Waals surface area contributed by atoms with E-state index in [1.165, 1.54) is 6.20 Å². The van der Waals surface area contributed by atoms with Crippen molar-refractivity contribution in [1.82, 2.24) is 19.9 Å². The van der Waals surface area contributed by atoms with Crippen LogP contribution in [0.15, 0.2) is 30.6 Å². The average molecular weight is 367 g/mol. The summed E-state index contributed by atoms with van der Waals surface area (Å²) in [5, 5.41) is 3.12. The lowest BCUT2D eigenvalue weighted by molar-refractivity contribution is -0.141. The minimum absolute atomic E-state index is 0.00432. The van der Waals surface area contributed by atoms with Gasteiger partial charge in [-0.3, -0.25) is 9.88 Å². The molecule has 26 heavy (non-hydrogen) atoms. The summed E-state index contributed by atoms with van der Waals surface area (Å²) in [4.78, 5) is 14.1. The number of halogens is 3. The molecule has 9 heteroatoms. The Labute approximate surface area is 149 Å². The molecule has 3 rings (SSSR count). The molecule has 0 amide bonds. The first-order valence-electron chi connectivity index (χ1n) is 8.30. The smallest absolute Gasteiger partial charge is 0.383 e. The van der Waals surface area contributed by atoms with Crippen LogP contribution in [0.2, 0.25) is 0 Å². The monoisotopic (exact) mass is 367 g/mol. The molecule has 1 aliphatic rings. The first-order chi connectivity index (χ1) is 12.5. The Morgan fingerprint density at radius 2 is 2.19 bits per heavy atom. The maximum atomic E-state index is 13.2. The molecule has 0 unspecified atom stereocenters. The molecule has 2 aromatic heterocycles. The van der Waals surface area contributed by atoms with Gasteiger partial charge in [0.05, 0.1) is 6.61 Å². The summed E-state index contributed by atoms with van der Waals surface area (Å²) in [6, 6.07) is 4.26. The second-order valence-electron chi connectivity index (χ2n) is 6.12. The number of anilines is 1. The van der Waals surface area contributed by atoms with Crippen LogP contribution in [0.25, 0.3) is 11.4 Å². The van der Waals surface area contributed by atoms with Crippen molar-refractivity contribution in [3.05, 3.63) is 36.3 Å². The number of nitrogens with one attached hydrogen (secondary N) is 1. The molecule has 3 heterocycles. The number of nitrogens with zero attached hydrogens (tertiary/aromatic N) is 4. The van der Waals surface area contributed by atoms with Crippen LogP contribution in [0.5, 0.6) is 0 Å². The fourth-order valence-corrected chi connectivity index (χ4v) is 2.87. The minimum Gasteiger partial charge on any atom is -0.383 e. The summed E-state index contributed by atoms with van der Waals surface area (Å²) in [6.45, 7) is 3.03. The van der Waals surface area contributed by atoms with Crippen LogP contribution in [-0.4, -0.2) is 59.2 Å². The van der Waals surface area contributed by atoms with E-state index in [0.717, 1.165) is 32.1 Å². The highest BCUT2D eigenvalue weighted by atomic mass is 19.4. The normalized spacial score (nSPS) is 18.2. The number of likely N-dealkylation sites (tertiary alicyclic amines) is 1. The minimum atomic E-state index is -4.55. The van der Waals surface area contributed by atoms with Gasteiger partial charge in [0, 0.05) is 56.8 Å². The van der Waals surface area contributed by atoms with Crippen LogP contribution in [-0.2, 0) is 10.9 Å². The summed E-state index contributed by atoms with van der Waals surface area (Å²) >= 11 is 0. The van der Waals surface area contributed by atoms with Crippen LogP contribution in [0, 0.1) is 0 Å². The first-order valence-corrected chi connectivity index (χ1v) is 8.30. The predicted octanol–water partition coefficient (Wildman–Crippen LogP) is 2.69. The Kier molecular flexibility index (Phi) is 5.67. The van der Waals surface area contributed by atoms with Crippen molar-refractivity contribution >= 4 is 5.82 Å². The maximum absolute atomic E-state index is 13.2. The van der Waals surface area contributed by atoms with E-state index in [-0.39, 0.29) is 17.7 Å².